The summed E-state index contributed by atoms with van der Waals surface area (Å²) in [4.78, 5) is 8.81. The topological polar surface area (TPSA) is 37.8 Å². The molecule has 0 amide bonds. The standard InChI is InChI=1S/C15H17BrClN3/c1-15(2,3)14-19-12(17)8-13(20-14)18-9-10-6-4-5-7-11(10)16/h4-8H,9H2,1-3H3,(H,18,19,20). The molecule has 0 atom stereocenters. The molecule has 0 spiro atoms. The Morgan fingerprint density at radius 1 is 1.20 bits per heavy atom. The highest BCUT2D eigenvalue weighted by Crippen LogP contribution is 2.23. The largest absolute Gasteiger partial charge is 0.366 e. The molecular formula is C15H17BrClN3. The van der Waals surface area contributed by atoms with Crippen LogP contribution in [-0.2, 0) is 12.0 Å². The van der Waals surface area contributed by atoms with Gasteiger partial charge in [-0.25, -0.2) is 9.97 Å². The highest BCUT2D eigenvalue weighted by Gasteiger charge is 2.18. The Bertz CT molecular complexity index is 608. The second-order valence-corrected chi connectivity index (χ2v) is 6.84. The van der Waals surface area contributed by atoms with Crippen molar-refractivity contribution in [2.45, 2.75) is 32.7 Å². The Labute approximate surface area is 132 Å². The maximum Gasteiger partial charge on any atom is 0.137 e. The van der Waals surface area contributed by atoms with Crippen LogP contribution in [0.25, 0.3) is 0 Å². The molecule has 0 aliphatic rings. The monoisotopic (exact) mass is 353 g/mol. The van der Waals surface area contributed by atoms with E-state index < -0.39 is 0 Å². The molecule has 0 aliphatic carbocycles. The predicted octanol–water partition coefficient (Wildman–Crippen LogP) is 4.80. The van der Waals surface area contributed by atoms with Gasteiger partial charge in [-0.15, -0.1) is 0 Å². The molecule has 0 saturated heterocycles. The van der Waals surface area contributed by atoms with E-state index in [1.165, 1.54) is 5.56 Å². The van der Waals surface area contributed by atoms with Crippen molar-refractivity contribution in [2.75, 3.05) is 5.32 Å². The smallest absolute Gasteiger partial charge is 0.137 e. The number of nitrogens with one attached hydrogen (secondary N) is 1. The van der Waals surface area contributed by atoms with Crippen molar-refractivity contribution in [1.82, 2.24) is 9.97 Å². The van der Waals surface area contributed by atoms with E-state index in [0.29, 0.717) is 11.7 Å². The van der Waals surface area contributed by atoms with E-state index in [4.69, 9.17) is 11.6 Å². The van der Waals surface area contributed by atoms with Crippen LogP contribution in [0.5, 0.6) is 0 Å². The number of nitrogens with zero attached hydrogens (tertiary/aromatic N) is 2. The van der Waals surface area contributed by atoms with Crippen LogP contribution in [0.4, 0.5) is 5.82 Å². The first kappa shape index (κ1) is 15.3. The van der Waals surface area contributed by atoms with Crippen molar-refractivity contribution >= 4 is 33.3 Å². The zero-order valence-corrected chi connectivity index (χ0v) is 14.1. The SMILES string of the molecule is CC(C)(C)c1nc(Cl)cc(NCc2ccccc2Br)n1. The molecule has 2 rings (SSSR count). The van der Waals surface area contributed by atoms with Crippen LogP contribution in [0, 0.1) is 0 Å². The van der Waals surface area contributed by atoms with E-state index in [9.17, 15) is 0 Å². The van der Waals surface area contributed by atoms with Gasteiger partial charge in [-0.3, -0.25) is 0 Å². The van der Waals surface area contributed by atoms with Crippen LogP contribution < -0.4 is 5.32 Å². The molecule has 0 unspecified atom stereocenters. The number of aromatic nitrogens is 2. The van der Waals surface area contributed by atoms with Crippen molar-refractivity contribution in [2.24, 2.45) is 0 Å². The molecule has 20 heavy (non-hydrogen) atoms. The Morgan fingerprint density at radius 2 is 1.90 bits per heavy atom. The predicted molar refractivity (Wildman–Crippen MR) is 87.2 cm³/mol. The molecule has 0 saturated carbocycles. The maximum absolute atomic E-state index is 6.07. The lowest BCUT2D eigenvalue weighted by atomic mass is 9.96. The van der Waals surface area contributed by atoms with Gasteiger partial charge in [-0.1, -0.05) is 66.5 Å². The fourth-order valence-electron chi connectivity index (χ4n) is 1.67. The highest BCUT2D eigenvalue weighted by atomic mass is 79.9. The summed E-state index contributed by atoms with van der Waals surface area (Å²) >= 11 is 9.60. The molecular weight excluding hydrogens is 338 g/mol. The number of rotatable bonds is 3. The van der Waals surface area contributed by atoms with E-state index in [-0.39, 0.29) is 5.41 Å². The van der Waals surface area contributed by atoms with Gasteiger partial charge in [0.25, 0.3) is 0 Å². The zero-order chi connectivity index (χ0) is 14.8. The molecule has 3 nitrogen and oxygen atoms in total. The van der Waals surface area contributed by atoms with Crippen molar-refractivity contribution in [3.8, 4) is 0 Å². The first-order chi connectivity index (χ1) is 9.36. The lowest BCUT2D eigenvalue weighted by molar-refractivity contribution is 0.546. The summed E-state index contributed by atoms with van der Waals surface area (Å²) in [6.07, 6.45) is 0. The summed E-state index contributed by atoms with van der Waals surface area (Å²) in [5.41, 5.74) is 1.04. The Kier molecular flexibility index (Phi) is 4.66. The van der Waals surface area contributed by atoms with Gasteiger partial charge in [0.05, 0.1) is 0 Å². The molecule has 0 fully saturated rings. The average molecular weight is 355 g/mol. The van der Waals surface area contributed by atoms with E-state index in [1.54, 1.807) is 6.07 Å². The summed E-state index contributed by atoms with van der Waals surface area (Å²) < 4.78 is 1.07. The van der Waals surface area contributed by atoms with E-state index in [0.717, 1.165) is 16.1 Å². The third-order valence-corrected chi connectivity index (χ3v) is 3.75. The quantitative estimate of drug-likeness (QED) is 0.804. The molecule has 1 aromatic heterocycles. The average Bonchev–Trinajstić information content (AvgIpc) is 2.36. The second-order valence-electron chi connectivity index (χ2n) is 5.59. The van der Waals surface area contributed by atoms with Crippen LogP contribution in [0.15, 0.2) is 34.8 Å². The number of benzene rings is 1. The van der Waals surface area contributed by atoms with Crippen LogP contribution in [-0.4, -0.2) is 9.97 Å². The molecule has 5 heteroatoms. The lowest BCUT2D eigenvalue weighted by Gasteiger charge is -2.18. The van der Waals surface area contributed by atoms with Crippen LogP contribution in [0.2, 0.25) is 5.15 Å². The summed E-state index contributed by atoms with van der Waals surface area (Å²) in [5, 5.41) is 3.75. The second kappa shape index (κ2) is 6.10. The van der Waals surface area contributed by atoms with Gasteiger partial charge in [0, 0.05) is 22.5 Å². The first-order valence-electron chi connectivity index (χ1n) is 6.38. The molecule has 0 bridgehead atoms. The summed E-state index contributed by atoms with van der Waals surface area (Å²) in [7, 11) is 0. The summed E-state index contributed by atoms with van der Waals surface area (Å²) in [6, 6.07) is 9.82. The highest BCUT2D eigenvalue weighted by molar-refractivity contribution is 9.10. The Morgan fingerprint density at radius 3 is 2.55 bits per heavy atom. The summed E-state index contributed by atoms with van der Waals surface area (Å²) in [6.45, 7) is 6.88. The normalized spacial score (nSPS) is 11.4. The molecule has 1 heterocycles. The van der Waals surface area contributed by atoms with Crippen molar-refractivity contribution in [3.63, 3.8) is 0 Å². The van der Waals surface area contributed by atoms with E-state index >= 15 is 0 Å². The fraction of sp³-hybridized carbons (Fsp3) is 0.333. The molecule has 106 valence electrons. The lowest BCUT2D eigenvalue weighted by Crippen LogP contribution is -2.17. The van der Waals surface area contributed by atoms with Crippen LogP contribution in [0.1, 0.15) is 32.2 Å². The number of hydrogen-bond acceptors (Lipinski definition) is 3. The van der Waals surface area contributed by atoms with Gasteiger partial charge in [0.15, 0.2) is 0 Å². The number of anilines is 1. The fourth-order valence-corrected chi connectivity index (χ4v) is 2.28. The minimum atomic E-state index is -0.130. The van der Waals surface area contributed by atoms with Crippen LogP contribution in [0.3, 0.4) is 0 Å². The third kappa shape index (κ3) is 3.93. The van der Waals surface area contributed by atoms with Gasteiger partial charge in [-0.05, 0) is 11.6 Å². The van der Waals surface area contributed by atoms with Crippen molar-refractivity contribution < 1.29 is 0 Å². The number of halogens is 2. The molecule has 1 N–H and O–H groups in total. The van der Waals surface area contributed by atoms with Crippen molar-refractivity contribution in [3.05, 3.63) is 51.3 Å². The molecule has 1 aromatic carbocycles. The van der Waals surface area contributed by atoms with Crippen molar-refractivity contribution in [1.29, 1.82) is 0 Å². The van der Waals surface area contributed by atoms with Gasteiger partial charge in [0.2, 0.25) is 0 Å². The van der Waals surface area contributed by atoms with Crippen LogP contribution >= 0.6 is 27.5 Å². The molecule has 0 radical (unpaired) electrons. The Hall–Kier alpha value is -1.13. The zero-order valence-electron chi connectivity index (χ0n) is 11.7. The molecule has 0 aliphatic heterocycles. The van der Waals surface area contributed by atoms with E-state index in [1.807, 2.05) is 18.2 Å². The number of hydrogen-bond donors (Lipinski definition) is 1. The summed E-state index contributed by atoms with van der Waals surface area (Å²) in [5.74, 6) is 1.48. The van der Waals surface area contributed by atoms with Gasteiger partial charge in [0.1, 0.15) is 16.8 Å². The first-order valence-corrected chi connectivity index (χ1v) is 7.56. The van der Waals surface area contributed by atoms with Gasteiger partial charge >= 0.3 is 0 Å². The van der Waals surface area contributed by atoms with E-state index in [2.05, 4.69) is 58.1 Å². The minimum absolute atomic E-state index is 0.130. The van der Waals surface area contributed by atoms with Gasteiger partial charge in [-0.2, -0.15) is 0 Å². The maximum atomic E-state index is 6.07. The Balaban J connectivity index is 2.18. The van der Waals surface area contributed by atoms with Gasteiger partial charge < -0.3 is 5.32 Å². The third-order valence-electron chi connectivity index (χ3n) is 2.78. The minimum Gasteiger partial charge on any atom is -0.366 e. The molecule has 2 aromatic rings.